The van der Waals surface area contributed by atoms with Crippen LogP contribution in [0.4, 0.5) is 0 Å². The second-order valence-corrected chi connectivity index (χ2v) is 32.0. The molecule has 0 amide bonds. The maximum Gasteiger partial charge on any atom is 0.472 e. The summed E-state index contributed by atoms with van der Waals surface area (Å²) < 4.78 is 68.6. The van der Waals surface area contributed by atoms with Gasteiger partial charge in [-0.2, -0.15) is 0 Å². The van der Waals surface area contributed by atoms with E-state index in [-0.39, 0.29) is 25.7 Å². The van der Waals surface area contributed by atoms with E-state index in [4.69, 9.17) is 37.0 Å². The highest BCUT2D eigenvalue weighted by Gasteiger charge is 2.30. The number of aliphatic hydroxyl groups excluding tert-OH is 1. The molecule has 0 heterocycles. The van der Waals surface area contributed by atoms with Gasteiger partial charge in [-0.25, -0.2) is 9.13 Å². The summed E-state index contributed by atoms with van der Waals surface area (Å²) in [6, 6.07) is 0. The molecule has 19 heteroatoms. The van der Waals surface area contributed by atoms with Crippen LogP contribution in [-0.2, 0) is 65.4 Å². The van der Waals surface area contributed by atoms with Crippen LogP contribution in [0.3, 0.4) is 0 Å². The van der Waals surface area contributed by atoms with Crippen LogP contribution in [-0.4, -0.2) is 96.7 Å². The van der Waals surface area contributed by atoms with Crippen LogP contribution in [0.2, 0.25) is 0 Å². The molecule has 3 N–H and O–H groups in total. The topological polar surface area (TPSA) is 237 Å². The number of phosphoric acid groups is 2. The molecule has 5 atom stereocenters. The fraction of sp³-hybridized carbons (Fsp3) is 0.949. The maximum atomic E-state index is 13.1. The number of rotatable bonds is 77. The van der Waals surface area contributed by atoms with Gasteiger partial charge >= 0.3 is 39.5 Å². The number of esters is 4. The van der Waals surface area contributed by atoms with Gasteiger partial charge in [0.15, 0.2) is 12.2 Å². The van der Waals surface area contributed by atoms with E-state index in [2.05, 4.69) is 41.5 Å². The molecular formula is C78H152O17P2. The van der Waals surface area contributed by atoms with Crippen molar-refractivity contribution in [3.05, 3.63) is 0 Å². The van der Waals surface area contributed by atoms with E-state index in [9.17, 15) is 43.2 Å². The first kappa shape index (κ1) is 95.1. The molecule has 2 unspecified atom stereocenters. The minimum atomic E-state index is -4.96. The Morgan fingerprint density at radius 1 is 0.278 bits per heavy atom. The Hall–Kier alpha value is -1.94. The Kier molecular flexibility index (Phi) is 68.4. The van der Waals surface area contributed by atoms with E-state index >= 15 is 0 Å². The number of carbonyl (C=O) groups excluding carboxylic acids is 4. The molecule has 0 bridgehead atoms. The summed E-state index contributed by atoms with van der Waals surface area (Å²) in [6.45, 7) is 9.62. The van der Waals surface area contributed by atoms with Crippen LogP contribution in [0.15, 0.2) is 0 Å². The summed E-state index contributed by atoms with van der Waals surface area (Å²) >= 11 is 0. The summed E-state index contributed by atoms with van der Waals surface area (Å²) in [5.41, 5.74) is 0. The highest BCUT2D eigenvalue weighted by Crippen LogP contribution is 2.45. The Labute approximate surface area is 594 Å². The van der Waals surface area contributed by atoms with Crippen LogP contribution < -0.4 is 0 Å². The predicted molar refractivity (Wildman–Crippen MR) is 395 cm³/mol. The van der Waals surface area contributed by atoms with Crippen molar-refractivity contribution in [2.24, 2.45) is 11.8 Å². The smallest absolute Gasteiger partial charge is 0.462 e. The molecule has 17 nitrogen and oxygen atoms in total. The van der Waals surface area contributed by atoms with Gasteiger partial charge in [0.25, 0.3) is 0 Å². The fourth-order valence-electron chi connectivity index (χ4n) is 12.0. The summed E-state index contributed by atoms with van der Waals surface area (Å²) in [5.74, 6) is -0.552. The van der Waals surface area contributed by atoms with Gasteiger partial charge in [0, 0.05) is 25.7 Å². The highest BCUT2D eigenvalue weighted by atomic mass is 31.2. The normalized spacial score (nSPS) is 14.0. The van der Waals surface area contributed by atoms with Crippen molar-refractivity contribution in [1.29, 1.82) is 0 Å². The first-order valence-electron chi connectivity index (χ1n) is 40.5. The lowest BCUT2D eigenvalue weighted by atomic mass is 10.0. The molecule has 0 aliphatic carbocycles. The minimum absolute atomic E-state index is 0.107. The van der Waals surface area contributed by atoms with E-state index in [0.717, 1.165) is 102 Å². The molecule has 0 rings (SSSR count). The zero-order chi connectivity index (χ0) is 71.4. The molecule has 576 valence electrons. The third-order valence-corrected chi connectivity index (χ3v) is 20.1. The molecular weight excluding hydrogens is 1270 g/mol. The van der Waals surface area contributed by atoms with Gasteiger partial charge in [-0.1, -0.05) is 356 Å². The molecule has 0 radical (unpaired) electrons. The third-order valence-electron chi connectivity index (χ3n) is 18.2. The van der Waals surface area contributed by atoms with Gasteiger partial charge < -0.3 is 33.8 Å². The minimum Gasteiger partial charge on any atom is -0.462 e. The van der Waals surface area contributed by atoms with Crippen molar-refractivity contribution in [2.75, 3.05) is 39.6 Å². The van der Waals surface area contributed by atoms with E-state index in [1.165, 1.54) is 225 Å². The molecule has 0 aromatic rings. The summed E-state index contributed by atoms with van der Waals surface area (Å²) in [6.07, 6.45) is 58.2. The second-order valence-electron chi connectivity index (χ2n) is 29.1. The van der Waals surface area contributed by atoms with Crippen LogP contribution in [0.1, 0.15) is 408 Å². The van der Waals surface area contributed by atoms with Gasteiger partial charge in [-0.15, -0.1) is 0 Å². The Morgan fingerprint density at radius 3 is 0.701 bits per heavy atom. The van der Waals surface area contributed by atoms with E-state index in [1.54, 1.807) is 0 Å². The molecule has 0 saturated carbocycles. The van der Waals surface area contributed by atoms with Crippen molar-refractivity contribution in [3.63, 3.8) is 0 Å². The lowest BCUT2D eigenvalue weighted by molar-refractivity contribution is -0.161. The highest BCUT2D eigenvalue weighted by molar-refractivity contribution is 7.47. The average molecular weight is 1420 g/mol. The Bertz CT molecular complexity index is 1870. The molecule has 0 aliphatic heterocycles. The quantitative estimate of drug-likeness (QED) is 0.0222. The molecule has 0 fully saturated rings. The van der Waals surface area contributed by atoms with Gasteiger partial charge in [0.05, 0.1) is 26.4 Å². The molecule has 0 saturated heterocycles. The van der Waals surface area contributed by atoms with Crippen molar-refractivity contribution in [1.82, 2.24) is 0 Å². The Balaban J connectivity index is 5.23. The molecule has 0 aromatic carbocycles. The SMILES string of the molecule is CCCCCCCCCCCCCCCCCCCC(=O)OC[C@H](COP(=O)(O)OC[C@@H](O)COP(=O)(O)OC[C@@H](COC(=O)CCCCCCCCCCC)OC(=O)CCCCCCCCCCCCCC(C)C)OC(=O)CCCCCCCCCCCCCCCCC(C)C. The summed E-state index contributed by atoms with van der Waals surface area (Å²) in [7, 11) is -9.91. The number of unbranched alkanes of at least 4 members (excludes halogenated alkanes) is 47. The largest absolute Gasteiger partial charge is 0.472 e. The van der Waals surface area contributed by atoms with Gasteiger partial charge in [0.1, 0.15) is 19.3 Å². The lowest BCUT2D eigenvalue weighted by Gasteiger charge is -2.21. The van der Waals surface area contributed by atoms with Crippen LogP contribution in [0.25, 0.3) is 0 Å². The van der Waals surface area contributed by atoms with Gasteiger partial charge in [-0.05, 0) is 37.5 Å². The number of carbonyl (C=O) groups is 4. The number of phosphoric ester groups is 2. The first-order valence-corrected chi connectivity index (χ1v) is 43.5. The number of aliphatic hydroxyl groups is 1. The predicted octanol–water partition coefficient (Wildman–Crippen LogP) is 23.1. The molecule has 0 aliphatic rings. The average Bonchev–Trinajstić information content (AvgIpc) is 1.06. The maximum absolute atomic E-state index is 13.1. The van der Waals surface area contributed by atoms with Gasteiger partial charge in [-0.3, -0.25) is 37.3 Å². The van der Waals surface area contributed by atoms with Crippen molar-refractivity contribution < 1.29 is 80.2 Å². The van der Waals surface area contributed by atoms with Gasteiger partial charge in [0.2, 0.25) is 0 Å². The lowest BCUT2D eigenvalue weighted by Crippen LogP contribution is -2.30. The number of hydrogen-bond acceptors (Lipinski definition) is 15. The van der Waals surface area contributed by atoms with Crippen LogP contribution >= 0.6 is 15.6 Å². The Morgan fingerprint density at radius 2 is 0.474 bits per heavy atom. The third kappa shape index (κ3) is 72.2. The first-order chi connectivity index (χ1) is 46.9. The summed E-state index contributed by atoms with van der Waals surface area (Å²) in [5, 5.41) is 10.6. The molecule has 0 aromatic heterocycles. The van der Waals surface area contributed by atoms with E-state index in [1.807, 2.05) is 0 Å². The zero-order valence-electron chi connectivity index (χ0n) is 63.4. The molecule has 0 spiro atoms. The van der Waals surface area contributed by atoms with E-state index in [0.29, 0.717) is 25.7 Å². The number of hydrogen-bond donors (Lipinski definition) is 3. The fourth-order valence-corrected chi connectivity index (χ4v) is 13.6. The zero-order valence-corrected chi connectivity index (χ0v) is 65.2. The number of ether oxygens (including phenoxy) is 4. The monoisotopic (exact) mass is 1420 g/mol. The van der Waals surface area contributed by atoms with Crippen molar-refractivity contribution in [3.8, 4) is 0 Å². The van der Waals surface area contributed by atoms with Crippen molar-refractivity contribution in [2.45, 2.75) is 426 Å². The molecule has 97 heavy (non-hydrogen) atoms. The van der Waals surface area contributed by atoms with Crippen LogP contribution in [0.5, 0.6) is 0 Å². The summed E-state index contributed by atoms with van der Waals surface area (Å²) in [4.78, 5) is 72.9. The van der Waals surface area contributed by atoms with E-state index < -0.39 is 97.5 Å². The van der Waals surface area contributed by atoms with Crippen LogP contribution in [0, 0.1) is 11.8 Å². The second kappa shape index (κ2) is 69.8. The van der Waals surface area contributed by atoms with Crippen molar-refractivity contribution >= 4 is 39.5 Å². The standard InChI is InChI=1S/C78H152O17P2/c1-7-9-11-13-15-17-18-19-20-21-22-26-31-37-43-49-55-61-76(81)89-67-74(95-77(82)62-56-50-44-38-32-27-24-23-25-29-35-40-46-52-58-70(3)4)69-93-97(86,87)91-65-72(79)64-90-96(84,85)92-68-73(66-88-75(80)60-54-48-42-34-16-14-12-10-8-2)94-78(83)63-57-51-45-39-33-28-30-36-41-47-53-59-71(5)6/h70-74,79H,7-69H2,1-6H3,(H,84,85)(H,86,87)/t72-,73+,74+/m0/s1.